The first kappa shape index (κ1) is 16.3. The fourth-order valence-corrected chi connectivity index (χ4v) is 2.81. The van der Waals surface area contributed by atoms with Crippen LogP contribution in [0.4, 0.5) is 5.69 Å². The van der Waals surface area contributed by atoms with Crippen molar-refractivity contribution >= 4 is 11.6 Å². The fourth-order valence-electron chi connectivity index (χ4n) is 2.81. The Morgan fingerprint density at radius 1 is 1.17 bits per heavy atom. The fraction of sp³-hybridized carbons (Fsp3) is 0.333. The highest BCUT2D eigenvalue weighted by molar-refractivity contribution is 6.01. The molecule has 6 nitrogen and oxygen atoms in total. The second kappa shape index (κ2) is 7.31. The van der Waals surface area contributed by atoms with E-state index in [9.17, 15) is 15.1 Å². The Bertz CT molecular complexity index is 702. The third kappa shape index (κ3) is 3.83. The van der Waals surface area contributed by atoms with Gasteiger partial charge >= 0.3 is 5.91 Å². The number of benzene rings is 1. The molecule has 0 spiro atoms. The van der Waals surface area contributed by atoms with Crippen molar-refractivity contribution in [2.75, 3.05) is 5.32 Å². The number of rotatable bonds is 4. The van der Waals surface area contributed by atoms with Crippen LogP contribution in [-0.4, -0.2) is 23.2 Å². The van der Waals surface area contributed by atoms with E-state index < -0.39 is 12.0 Å². The van der Waals surface area contributed by atoms with Crippen molar-refractivity contribution in [3.63, 3.8) is 0 Å². The van der Waals surface area contributed by atoms with Crippen LogP contribution in [0.25, 0.3) is 0 Å². The number of carbonyl (C=O) groups excluding carboxylic acids is 1. The van der Waals surface area contributed by atoms with Crippen LogP contribution < -0.4 is 14.8 Å². The summed E-state index contributed by atoms with van der Waals surface area (Å²) in [6, 6.07) is 11.6. The van der Waals surface area contributed by atoms with Crippen LogP contribution in [0.5, 0.6) is 5.75 Å². The number of nitrogens with one attached hydrogen (secondary N) is 1. The zero-order chi connectivity index (χ0) is 16.9. The Balaban J connectivity index is 1.62. The summed E-state index contributed by atoms with van der Waals surface area (Å²) in [6.45, 7) is 0. The number of hydrogen-bond donors (Lipinski definition) is 2. The first-order chi connectivity index (χ1) is 11.6. The zero-order valence-corrected chi connectivity index (χ0v) is 13.2. The minimum atomic E-state index is -0.470. The van der Waals surface area contributed by atoms with Crippen molar-refractivity contribution in [3.8, 4) is 5.75 Å². The number of nitrogens with zero attached hydrogens (tertiary/aromatic N) is 1. The SMILES string of the molecule is O=C(Nc1ccc(OC2CCCCC2O)cc1)c1cccc[n+]1[O-]. The molecule has 1 aromatic carbocycles. The molecule has 1 amide bonds. The van der Waals surface area contributed by atoms with Crippen LogP contribution in [0.2, 0.25) is 0 Å². The molecule has 0 aliphatic heterocycles. The second-order valence-corrected chi connectivity index (χ2v) is 5.90. The maximum absolute atomic E-state index is 12.1. The highest BCUT2D eigenvalue weighted by Crippen LogP contribution is 2.25. The Hall–Kier alpha value is -2.60. The van der Waals surface area contributed by atoms with Crippen LogP contribution in [0.15, 0.2) is 48.7 Å². The lowest BCUT2D eigenvalue weighted by atomic mass is 9.95. The summed E-state index contributed by atoms with van der Waals surface area (Å²) >= 11 is 0. The molecule has 2 atom stereocenters. The monoisotopic (exact) mass is 328 g/mol. The summed E-state index contributed by atoms with van der Waals surface area (Å²) in [5, 5.41) is 24.2. The van der Waals surface area contributed by atoms with Gasteiger partial charge in [0.1, 0.15) is 11.9 Å². The quantitative estimate of drug-likeness (QED) is 0.666. The van der Waals surface area contributed by atoms with Crippen LogP contribution in [0.1, 0.15) is 36.2 Å². The number of aromatic nitrogens is 1. The molecule has 0 saturated heterocycles. The molecule has 2 unspecified atom stereocenters. The Morgan fingerprint density at radius 2 is 1.92 bits per heavy atom. The van der Waals surface area contributed by atoms with E-state index in [1.54, 1.807) is 36.4 Å². The molecule has 1 aromatic heterocycles. The third-order valence-electron chi connectivity index (χ3n) is 4.12. The van der Waals surface area contributed by atoms with Gasteiger partial charge < -0.3 is 20.4 Å². The Morgan fingerprint density at radius 3 is 2.62 bits per heavy atom. The number of pyridine rings is 1. The van der Waals surface area contributed by atoms with Gasteiger partial charge in [0.2, 0.25) is 0 Å². The zero-order valence-electron chi connectivity index (χ0n) is 13.2. The highest BCUT2D eigenvalue weighted by atomic mass is 16.5. The predicted octanol–water partition coefficient (Wildman–Crippen LogP) is 2.25. The van der Waals surface area contributed by atoms with Crippen molar-refractivity contribution in [3.05, 3.63) is 59.6 Å². The van der Waals surface area contributed by atoms with E-state index in [-0.39, 0.29) is 11.8 Å². The van der Waals surface area contributed by atoms with Crippen LogP contribution in [0.3, 0.4) is 0 Å². The minimum Gasteiger partial charge on any atom is -0.618 e. The van der Waals surface area contributed by atoms with Gasteiger partial charge in [0.05, 0.1) is 6.10 Å². The van der Waals surface area contributed by atoms with E-state index in [2.05, 4.69) is 5.32 Å². The van der Waals surface area contributed by atoms with Gasteiger partial charge in [-0.15, -0.1) is 0 Å². The number of anilines is 1. The summed E-state index contributed by atoms with van der Waals surface area (Å²) in [5.74, 6) is 0.180. The van der Waals surface area contributed by atoms with Crippen LogP contribution in [0, 0.1) is 5.21 Å². The molecule has 1 aliphatic rings. The van der Waals surface area contributed by atoms with Gasteiger partial charge in [-0.3, -0.25) is 4.79 Å². The highest BCUT2D eigenvalue weighted by Gasteiger charge is 2.24. The van der Waals surface area contributed by atoms with Crippen molar-refractivity contribution in [2.24, 2.45) is 0 Å². The van der Waals surface area contributed by atoms with Crippen molar-refractivity contribution in [2.45, 2.75) is 37.9 Å². The molecule has 1 saturated carbocycles. The smallest absolute Gasteiger partial charge is 0.321 e. The molecule has 2 aromatic rings. The summed E-state index contributed by atoms with van der Waals surface area (Å²) in [7, 11) is 0. The number of hydrogen-bond acceptors (Lipinski definition) is 4. The molecule has 2 N–H and O–H groups in total. The van der Waals surface area contributed by atoms with E-state index in [0.717, 1.165) is 25.7 Å². The van der Waals surface area contributed by atoms with Crippen LogP contribution >= 0.6 is 0 Å². The van der Waals surface area contributed by atoms with E-state index >= 15 is 0 Å². The van der Waals surface area contributed by atoms with Gasteiger partial charge in [-0.1, -0.05) is 6.42 Å². The topological polar surface area (TPSA) is 85.5 Å². The molecular formula is C18H20N2O4. The maximum atomic E-state index is 12.1. The number of amides is 1. The van der Waals surface area contributed by atoms with E-state index in [0.29, 0.717) is 16.2 Å². The van der Waals surface area contributed by atoms with Crippen molar-refractivity contribution in [1.82, 2.24) is 0 Å². The van der Waals surface area contributed by atoms with Crippen molar-refractivity contribution < 1.29 is 19.4 Å². The van der Waals surface area contributed by atoms with Crippen LogP contribution in [-0.2, 0) is 0 Å². The lowest BCUT2D eigenvalue weighted by Crippen LogP contribution is -2.36. The Labute approximate surface area is 140 Å². The predicted molar refractivity (Wildman–Crippen MR) is 88.7 cm³/mol. The second-order valence-electron chi connectivity index (χ2n) is 5.90. The summed E-state index contributed by atoms with van der Waals surface area (Å²) in [6.07, 6.45) is 4.38. The number of ether oxygens (including phenoxy) is 1. The largest absolute Gasteiger partial charge is 0.618 e. The number of aliphatic hydroxyl groups excluding tert-OH is 1. The Kier molecular flexibility index (Phi) is 4.96. The molecule has 1 aliphatic carbocycles. The molecule has 3 rings (SSSR count). The number of aliphatic hydroxyl groups is 1. The minimum absolute atomic E-state index is 0.0307. The first-order valence-corrected chi connectivity index (χ1v) is 8.08. The molecule has 1 fully saturated rings. The van der Waals surface area contributed by atoms with Gasteiger partial charge in [0.15, 0.2) is 6.20 Å². The van der Waals surface area contributed by atoms with Gasteiger partial charge in [0, 0.05) is 17.8 Å². The molecular weight excluding hydrogens is 308 g/mol. The van der Waals surface area contributed by atoms with Gasteiger partial charge in [-0.25, -0.2) is 0 Å². The summed E-state index contributed by atoms with van der Waals surface area (Å²) in [4.78, 5) is 12.1. The first-order valence-electron chi connectivity index (χ1n) is 8.08. The van der Waals surface area contributed by atoms with E-state index in [1.807, 2.05) is 0 Å². The third-order valence-corrected chi connectivity index (χ3v) is 4.12. The van der Waals surface area contributed by atoms with E-state index in [4.69, 9.17) is 4.74 Å². The molecule has 6 heteroatoms. The van der Waals surface area contributed by atoms with Gasteiger partial charge in [-0.05, 0) is 49.6 Å². The lowest BCUT2D eigenvalue weighted by molar-refractivity contribution is -0.607. The normalized spacial score (nSPS) is 20.4. The lowest BCUT2D eigenvalue weighted by Gasteiger charge is -2.28. The number of carbonyl (C=O) groups is 1. The summed E-state index contributed by atoms with van der Waals surface area (Å²) < 4.78 is 6.34. The standard InChI is InChI=1S/C18H20N2O4/c21-16-6-1-2-7-17(16)24-14-10-8-13(9-11-14)19-18(22)15-5-3-4-12-20(15)23/h3-5,8-12,16-17,21H,1-2,6-7H2,(H,19,22). The molecule has 1 heterocycles. The van der Waals surface area contributed by atoms with E-state index in [1.165, 1.54) is 12.3 Å². The van der Waals surface area contributed by atoms with Gasteiger partial charge in [0.25, 0.3) is 5.69 Å². The molecule has 24 heavy (non-hydrogen) atoms. The molecule has 0 bridgehead atoms. The molecule has 126 valence electrons. The summed E-state index contributed by atoms with van der Waals surface area (Å²) in [5.41, 5.74) is 0.601. The van der Waals surface area contributed by atoms with Crippen molar-refractivity contribution in [1.29, 1.82) is 0 Å². The van der Waals surface area contributed by atoms with Gasteiger partial charge in [-0.2, -0.15) is 4.73 Å². The molecule has 0 radical (unpaired) electrons. The average Bonchev–Trinajstić information content (AvgIpc) is 2.59. The maximum Gasteiger partial charge on any atom is 0.321 e. The average molecular weight is 328 g/mol.